The summed E-state index contributed by atoms with van der Waals surface area (Å²) in [5.74, 6) is 0. The molecule has 0 unspecified atom stereocenters. The first-order chi connectivity index (χ1) is 1.41. The maximum atomic E-state index is 3.25. The molecule has 0 aliphatic carbocycles. The van der Waals surface area contributed by atoms with E-state index in [9.17, 15) is 0 Å². The van der Waals surface area contributed by atoms with Crippen LogP contribution in [0.25, 0.3) is 0 Å². The molecular formula is H6B2N2. The van der Waals surface area contributed by atoms with Crippen LogP contribution in [0.4, 0.5) is 0 Å². The van der Waals surface area contributed by atoms with Crippen molar-refractivity contribution in [3.8, 4) is 0 Å². The molecule has 0 spiro atoms. The Morgan fingerprint density at radius 3 is 1.25 bits per heavy atom. The van der Waals surface area contributed by atoms with Crippen LogP contribution >= 0.6 is 0 Å². The summed E-state index contributed by atoms with van der Waals surface area (Å²) in [4.78, 5) is 0. The standard InChI is InChI=1S/BH6N2.B/c2-1-3;/h2-3H3;/q+1;-1. The molecule has 6 radical (unpaired) electrons. The van der Waals surface area contributed by atoms with Crippen LogP contribution in [0.3, 0.4) is 0 Å². The van der Waals surface area contributed by atoms with Crippen LogP contribution in [0.2, 0.25) is 0 Å². The van der Waals surface area contributed by atoms with Gasteiger partial charge in [-0.15, -0.1) is 0 Å². The molecule has 0 aliphatic heterocycles. The number of hydrogen-bond donors (Lipinski definition) is 2. The Bertz CT molecular complexity index is 4.00. The Morgan fingerprint density at radius 2 is 1.25 bits per heavy atom. The molecule has 0 aromatic rings. The summed E-state index contributed by atoms with van der Waals surface area (Å²) in [5.41, 5.74) is 6.50. The SMILES string of the molecule is [B-].[NH3+][B-][NH3+]. The average Bonchev–Trinajstić information content (AvgIpc) is 0.918. The van der Waals surface area contributed by atoms with Crippen molar-refractivity contribution in [3.63, 3.8) is 0 Å². The highest BCUT2D eigenvalue weighted by Gasteiger charge is 1.38. The van der Waals surface area contributed by atoms with Crippen molar-refractivity contribution in [3.05, 3.63) is 0 Å². The largest absolute Gasteiger partial charge is 1.00 e. The zero-order valence-corrected chi connectivity index (χ0v) is 2.57. The van der Waals surface area contributed by atoms with Crippen LogP contribution in [0.15, 0.2) is 0 Å². The molecular weight excluding hydrogens is 49.6 g/mol. The predicted molar refractivity (Wildman–Crippen MR) is 17.3 cm³/mol. The molecule has 0 saturated carbocycles. The van der Waals surface area contributed by atoms with Gasteiger partial charge >= 0.3 is 7.55 Å². The van der Waals surface area contributed by atoms with Gasteiger partial charge in [0, 0.05) is 0 Å². The van der Waals surface area contributed by atoms with E-state index >= 15 is 0 Å². The molecule has 6 N–H and O–H groups in total. The van der Waals surface area contributed by atoms with Gasteiger partial charge in [0.1, 0.15) is 0 Å². The molecule has 0 atom stereocenters. The maximum absolute atomic E-state index is 3.25. The zero-order chi connectivity index (χ0) is 2.71. The Hall–Kier alpha value is 0.0499. The van der Waals surface area contributed by atoms with Gasteiger partial charge in [-0.3, -0.25) is 0 Å². The Morgan fingerprint density at radius 1 is 1.25 bits per heavy atom. The van der Waals surface area contributed by atoms with Gasteiger partial charge in [-0.05, 0) is 0 Å². The lowest BCUT2D eigenvalue weighted by molar-refractivity contribution is -0.328. The van der Waals surface area contributed by atoms with Crippen LogP contribution in [0, 0.1) is 0 Å². The summed E-state index contributed by atoms with van der Waals surface area (Å²) < 4.78 is 0. The van der Waals surface area contributed by atoms with Crippen molar-refractivity contribution < 1.29 is 11.3 Å². The normalized spacial score (nSPS) is 4.50. The van der Waals surface area contributed by atoms with E-state index in [0.29, 0.717) is 0 Å². The van der Waals surface area contributed by atoms with Gasteiger partial charge in [-0.1, -0.05) is 0 Å². The number of hydrogen-bond acceptors (Lipinski definition) is 0. The first-order valence-corrected chi connectivity index (χ1v) is 0.816. The summed E-state index contributed by atoms with van der Waals surface area (Å²) in [7, 11) is 1.50. The van der Waals surface area contributed by atoms with Crippen LogP contribution in [-0.4, -0.2) is 16.0 Å². The summed E-state index contributed by atoms with van der Waals surface area (Å²) in [5, 5.41) is 0. The number of quaternary nitrogens is 2. The van der Waals surface area contributed by atoms with Crippen molar-refractivity contribution in [2.24, 2.45) is 0 Å². The third kappa shape index (κ3) is 908. The Labute approximate surface area is 28.4 Å². The van der Waals surface area contributed by atoms with Crippen LogP contribution in [-0.2, 0) is 0 Å². The molecule has 0 aromatic heterocycles. The highest BCUT2D eigenvalue weighted by atomic mass is 14.5. The molecule has 0 bridgehead atoms. The van der Waals surface area contributed by atoms with Gasteiger partial charge in [0.25, 0.3) is 0 Å². The molecule has 4 heavy (non-hydrogen) atoms. The van der Waals surface area contributed by atoms with Gasteiger partial charge in [0.05, 0.1) is 0 Å². The quantitative estimate of drug-likeness (QED) is 0.272. The molecule has 2 nitrogen and oxygen atoms in total. The summed E-state index contributed by atoms with van der Waals surface area (Å²) in [6.45, 7) is 0. The minimum atomic E-state index is 0. The lowest BCUT2D eigenvalue weighted by atomic mass is 10.3. The molecule has 0 heterocycles. The fraction of sp³-hybridized carbons (Fsp3) is 0. The fourth-order valence-corrected chi connectivity index (χ4v) is 0. The third-order valence-electron chi connectivity index (χ3n) is 0. The van der Waals surface area contributed by atoms with Crippen molar-refractivity contribution in [2.45, 2.75) is 0 Å². The van der Waals surface area contributed by atoms with Crippen LogP contribution in [0.1, 0.15) is 0 Å². The predicted octanol–water partition coefficient (Wildman–Crippen LogP) is -3.38. The smallest absolute Gasteiger partial charge is 0.332 e. The number of rotatable bonds is 0. The Balaban J connectivity index is 0. The van der Waals surface area contributed by atoms with Crippen molar-refractivity contribution in [1.82, 2.24) is 0 Å². The molecule has 0 aliphatic rings. The van der Waals surface area contributed by atoms with Gasteiger partial charge in [-0.25, -0.2) is 0 Å². The lowest BCUT2D eigenvalue weighted by Gasteiger charge is -1.58. The van der Waals surface area contributed by atoms with E-state index in [1.54, 1.807) is 0 Å². The van der Waals surface area contributed by atoms with E-state index in [1.165, 1.54) is 7.55 Å². The second-order valence-corrected chi connectivity index (χ2v) is 0.289. The maximum Gasteiger partial charge on any atom is 0.332 e. The third-order valence-corrected chi connectivity index (χ3v) is 0. The highest BCUT2D eigenvalue weighted by Crippen LogP contribution is 0.452. The van der Waals surface area contributed by atoms with Gasteiger partial charge in [0.2, 0.25) is 0 Å². The van der Waals surface area contributed by atoms with Gasteiger partial charge < -0.3 is 19.7 Å². The first-order valence-electron chi connectivity index (χ1n) is 0.816. The van der Waals surface area contributed by atoms with Crippen molar-refractivity contribution in [2.75, 3.05) is 0 Å². The van der Waals surface area contributed by atoms with Gasteiger partial charge in [0.15, 0.2) is 0 Å². The molecule has 0 aromatic carbocycles. The summed E-state index contributed by atoms with van der Waals surface area (Å²) in [6, 6.07) is 0. The molecule has 22 valence electrons. The second-order valence-electron chi connectivity index (χ2n) is 0.289. The van der Waals surface area contributed by atoms with Crippen LogP contribution in [0.5, 0.6) is 0 Å². The lowest BCUT2D eigenvalue weighted by Crippen LogP contribution is -2.78. The van der Waals surface area contributed by atoms with E-state index in [2.05, 4.69) is 11.3 Å². The average molecular weight is 55.7 g/mol. The molecule has 0 fully saturated rings. The minimum Gasteiger partial charge on any atom is -1.00 e. The fourth-order valence-electron chi connectivity index (χ4n) is 0. The molecule has 0 rings (SSSR count). The minimum absolute atomic E-state index is 0. The van der Waals surface area contributed by atoms with E-state index < -0.39 is 0 Å². The monoisotopic (exact) mass is 56.1 g/mol. The molecule has 4 heteroatoms. The van der Waals surface area contributed by atoms with E-state index in [0.717, 1.165) is 0 Å². The second kappa shape index (κ2) is 11.6. The molecule has 0 amide bonds. The van der Waals surface area contributed by atoms with Crippen molar-refractivity contribution in [1.29, 1.82) is 0 Å². The first kappa shape index (κ1) is 8.97. The topological polar surface area (TPSA) is 55.3 Å². The summed E-state index contributed by atoms with van der Waals surface area (Å²) >= 11 is 0. The van der Waals surface area contributed by atoms with Crippen LogP contribution < -0.4 is 11.3 Å². The van der Waals surface area contributed by atoms with E-state index in [1.807, 2.05) is 0 Å². The summed E-state index contributed by atoms with van der Waals surface area (Å²) in [6.07, 6.45) is 0. The van der Waals surface area contributed by atoms with E-state index in [4.69, 9.17) is 0 Å². The van der Waals surface area contributed by atoms with E-state index in [-0.39, 0.29) is 8.41 Å². The highest BCUT2D eigenvalue weighted by molar-refractivity contribution is 6.08. The molecule has 0 saturated heterocycles. The van der Waals surface area contributed by atoms with Crippen molar-refractivity contribution >= 4 is 16.0 Å². The Kier molecular flexibility index (Phi) is 26.1. The zero-order valence-electron chi connectivity index (χ0n) is 2.57. The van der Waals surface area contributed by atoms with Gasteiger partial charge in [-0.2, -0.15) is 0 Å².